The van der Waals surface area contributed by atoms with Crippen molar-refractivity contribution in [2.75, 3.05) is 20.1 Å². The van der Waals surface area contributed by atoms with E-state index in [2.05, 4.69) is 25.8 Å². The Balaban J connectivity index is 0.000000606. The number of rotatable bonds is 0. The van der Waals surface area contributed by atoms with Crippen LogP contribution in [0.5, 0.6) is 0 Å². The number of hydrogen-bond donors (Lipinski definition) is 0. The number of hydrogen-bond acceptors (Lipinski definition) is 1. The van der Waals surface area contributed by atoms with Crippen molar-refractivity contribution in [1.82, 2.24) is 4.90 Å². The van der Waals surface area contributed by atoms with Gasteiger partial charge in [-0.25, -0.2) is 0 Å². The lowest BCUT2D eigenvalue weighted by atomic mass is 9.75. The maximum atomic E-state index is 2.50. The quantitative estimate of drug-likeness (QED) is 0.555. The average Bonchev–Trinajstić information content (AvgIpc) is 2.50. The molecule has 0 radical (unpaired) electrons. The molecule has 1 saturated heterocycles. The van der Waals surface area contributed by atoms with Gasteiger partial charge < -0.3 is 4.90 Å². The molecule has 1 aliphatic carbocycles. The van der Waals surface area contributed by atoms with E-state index in [1.54, 1.807) is 11.1 Å². The van der Waals surface area contributed by atoms with Crippen LogP contribution in [-0.2, 0) is 0 Å². The highest BCUT2D eigenvalue weighted by molar-refractivity contribution is 5.25. The molecule has 0 N–H and O–H groups in total. The summed E-state index contributed by atoms with van der Waals surface area (Å²) in [6, 6.07) is 0. The van der Waals surface area contributed by atoms with Crippen LogP contribution in [0.3, 0.4) is 0 Å². The first-order valence-electron chi connectivity index (χ1n) is 6.99. The van der Waals surface area contributed by atoms with E-state index < -0.39 is 0 Å². The van der Waals surface area contributed by atoms with E-state index >= 15 is 0 Å². The van der Waals surface area contributed by atoms with Crippen molar-refractivity contribution in [1.29, 1.82) is 0 Å². The zero-order valence-corrected chi connectivity index (χ0v) is 11.9. The predicted octanol–water partition coefficient (Wildman–Crippen LogP) is 4.24. The molecule has 1 heterocycles. The number of allylic oxidation sites excluding steroid dienone is 2. The minimum atomic E-state index is 0.606. The molecule has 2 rings (SSSR count). The van der Waals surface area contributed by atoms with Crippen LogP contribution in [0.25, 0.3) is 0 Å². The van der Waals surface area contributed by atoms with Gasteiger partial charge in [0.15, 0.2) is 0 Å². The van der Waals surface area contributed by atoms with Crippen LogP contribution >= 0.6 is 0 Å². The van der Waals surface area contributed by atoms with Crippen molar-refractivity contribution >= 4 is 0 Å². The summed E-state index contributed by atoms with van der Waals surface area (Å²) < 4.78 is 0. The van der Waals surface area contributed by atoms with Crippen LogP contribution in [-0.4, -0.2) is 25.0 Å². The van der Waals surface area contributed by atoms with Crippen LogP contribution in [0.15, 0.2) is 11.1 Å². The van der Waals surface area contributed by atoms with Crippen molar-refractivity contribution in [3.8, 4) is 0 Å². The van der Waals surface area contributed by atoms with Crippen molar-refractivity contribution < 1.29 is 0 Å². The van der Waals surface area contributed by atoms with Gasteiger partial charge in [-0.15, -0.1) is 0 Å². The summed E-state index contributed by atoms with van der Waals surface area (Å²) in [6.07, 6.45) is 7.00. The number of nitrogens with zero attached hydrogens (tertiary/aromatic N) is 1. The van der Waals surface area contributed by atoms with Gasteiger partial charge in [0.2, 0.25) is 0 Å². The minimum Gasteiger partial charge on any atom is -0.306 e. The van der Waals surface area contributed by atoms with E-state index in [9.17, 15) is 0 Å². The van der Waals surface area contributed by atoms with Gasteiger partial charge in [-0.05, 0) is 71.5 Å². The summed E-state index contributed by atoms with van der Waals surface area (Å²) in [4.78, 5) is 2.50. The maximum Gasteiger partial charge on any atom is -0.00134 e. The fourth-order valence-electron chi connectivity index (χ4n) is 3.21. The third kappa shape index (κ3) is 2.68. The van der Waals surface area contributed by atoms with Crippen LogP contribution in [0, 0.1) is 5.41 Å². The molecule has 1 aliphatic heterocycles. The van der Waals surface area contributed by atoms with Gasteiger partial charge in [0.25, 0.3) is 0 Å². The summed E-state index contributed by atoms with van der Waals surface area (Å²) in [6.45, 7) is 11.3. The van der Waals surface area contributed by atoms with E-state index in [1.807, 2.05) is 13.8 Å². The van der Waals surface area contributed by atoms with Crippen molar-refractivity contribution in [3.05, 3.63) is 11.1 Å². The Morgan fingerprint density at radius 2 is 1.69 bits per heavy atom. The molecule has 0 saturated carbocycles. The van der Waals surface area contributed by atoms with Crippen LogP contribution in [0.4, 0.5) is 0 Å². The molecule has 0 aromatic heterocycles. The predicted molar refractivity (Wildman–Crippen MR) is 72.7 cm³/mol. The Hall–Kier alpha value is -0.300. The van der Waals surface area contributed by atoms with E-state index in [0.29, 0.717) is 5.41 Å². The van der Waals surface area contributed by atoms with Crippen LogP contribution in [0.2, 0.25) is 0 Å². The SMILES string of the molecule is CC.CC1=C(C)[C@@]2(CCCN(C)CC2)CC1. The maximum absolute atomic E-state index is 2.50. The molecular formula is C15H29N. The van der Waals surface area contributed by atoms with E-state index in [1.165, 1.54) is 45.2 Å². The molecule has 2 aliphatic rings. The third-order valence-electron chi connectivity index (χ3n) is 4.58. The summed E-state index contributed by atoms with van der Waals surface area (Å²) in [5.74, 6) is 0. The molecule has 94 valence electrons. The topological polar surface area (TPSA) is 3.24 Å². The molecule has 0 aromatic carbocycles. The van der Waals surface area contributed by atoms with Gasteiger partial charge in [0.05, 0.1) is 0 Å². The standard InChI is InChI=1S/C13H23N.C2H6/c1-11-5-7-13(12(11)2)6-4-9-14(3)10-8-13;1-2/h4-10H2,1-3H3;1-2H3/t13-;/m0./s1. The van der Waals surface area contributed by atoms with Gasteiger partial charge in [-0.3, -0.25) is 0 Å². The first-order valence-corrected chi connectivity index (χ1v) is 6.99. The zero-order chi connectivity index (χ0) is 12.2. The second-order valence-electron chi connectivity index (χ2n) is 5.34. The monoisotopic (exact) mass is 223 g/mol. The minimum absolute atomic E-state index is 0.606. The lowest BCUT2D eigenvalue weighted by Crippen LogP contribution is -2.23. The van der Waals surface area contributed by atoms with Crippen molar-refractivity contribution in [2.24, 2.45) is 5.41 Å². The smallest absolute Gasteiger partial charge is 0.00134 e. The van der Waals surface area contributed by atoms with Crippen LogP contribution < -0.4 is 0 Å². The Morgan fingerprint density at radius 1 is 1.00 bits per heavy atom. The first-order chi connectivity index (χ1) is 7.64. The Labute approximate surface area is 102 Å². The first kappa shape index (κ1) is 13.8. The Morgan fingerprint density at radius 3 is 2.25 bits per heavy atom. The molecule has 0 unspecified atom stereocenters. The lowest BCUT2D eigenvalue weighted by molar-refractivity contribution is 0.288. The van der Waals surface area contributed by atoms with Crippen molar-refractivity contribution in [3.63, 3.8) is 0 Å². The van der Waals surface area contributed by atoms with E-state index in [-0.39, 0.29) is 0 Å². The molecule has 0 amide bonds. The number of likely N-dealkylation sites (tertiary alicyclic amines) is 1. The molecule has 1 spiro atoms. The molecule has 0 bridgehead atoms. The molecule has 1 heteroatoms. The highest BCUT2D eigenvalue weighted by Gasteiger charge is 2.37. The van der Waals surface area contributed by atoms with Crippen molar-refractivity contribution in [2.45, 2.75) is 59.8 Å². The van der Waals surface area contributed by atoms with Gasteiger partial charge in [-0.2, -0.15) is 0 Å². The molecule has 0 aromatic rings. The fraction of sp³-hybridized carbons (Fsp3) is 0.867. The largest absolute Gasteiger partial charge is 0.306 e. The zero-order valence-electron chi connectivity index (χ0n) is 11.9. The Kier molecular flexibility index (Phi) is 5.04. The average molecular weight is 223 g/mol. The summed E-state index contributed by atoms with van der Waals surface area (Å²) >= 11 is 0. The second kappa shape index (κ2) is 5.86. The fourth-order valence-corrected chi connectivity index (χ4v) is 3.21. The Bertz CT molecular complexity index is 254. The second-order valence-corrected chi connectivity index (χ2v) is 5.34. The van der Waals surface area contributed by atoms with Gasteiger partial charge in [0.1, 0.15) is 0 Å². The normalized spacial score (nSPS) is 31.3. The summed E-state index contributed by atoms with van der Waals surface area (Å²) in [7, 11) is 2.26. The lowest BCUT2D eigenvalue weighted by Gasteiger charge is -2.30. The van der Waals surface area contributed by atoms with E-state index in [0.717, 1.165) is 0 Å². The molecule has 1 nitrogen and oxygen atoms in total. The van der Waals surface area contributed by atoms with Gasteiger partial charge >= 0.3 is 0 Å². The van der Waals surface area contributed by atoms with Crippen LogP contribution in [0.1, 0.15) is 59.8 Å². The van der Waals surface area contributed by atoms with Gasteiger partial charge in [0, 0.05) is 0 Å². The molecule has 1 atom stereocenters. The summed E-state index contributed by atoms with van der Waals surface area (Å²) in [5.41, 5.74) is 4.01. The van der Waals surface area contributed by atoms with Gasteiger partial charge in [-0.1, -0.05) is 25.0 Å². The molecule has 1 fully saturated rings. The van der Waals surface area contributed by atoms with E-state index in [4.69, 9.17) is 0 Å². The highest BCUT2D eigenvalue weighted by Crippen LogP contribution is 2.49. The highest BCUT2D eigenvalue weighted by atomic mass is 15.1. The molecule has 16 heavy (non-hydrogen) atoms. The molecular weight excluding hydrogens is 194 g/mol. The third-order valence-corrected chi connectivity index (χ3v) is 4.58. The summed E-state index contributed by atoms with van der Waals surface area (Å²) in [5, 5.41) is 0.